The molecule has 2 rings (SSSR count). The molecule has 0 aliphatic rings. The molecular formula is C25H28N2O3. The fourth-order valence-electron chi connectivity index (χ4n) is 3.04. The Kier molecular flexibility index (Phi) is 8.35. The Balaban J connectivity index is 2.22. The van der Waals surface area contributed by atoms with Crippen LogP contribution in [0, 0.1) is 0 Å². The molecule has 0 saturated heterocycles. The van der Waals surface area contributed by atoms with E-state index in [9.17, 15) is 15.0 Å². The summed E-state index contributed by atoms with van der Waals surface area (Å²) in [5.74, 6) is -0.118. The Morgan fingerprint density at radius 1 is 0.733 bits per heavy atom. The molecule has 30 heavy (non-hydrogen) atoms. The third-order valence-electron chi connectivity index (χ3n) is 4.63. The molecule has 0 amide bonds. The minimum absolute atomic E-state index is 0.118. The number of benzene rings is 2. The Morgan fingerprint density at radius 2 is 1.07 bits per heavy atom. The summed E-state index contributed by atoms with van der Waals surface area (Å²) in [6.07, 6.45) is 4.55. The number of anilines is 2. The topological polar surface area (TPSA) is 64.0 Å². The summed E-state index contributed by atoms with van der Waals surface area (Å²) in [7, 11) is 0. The van der Waals surface area contributed by atoms with Crippen LogP contribution in [0.15, 0.2) is 99.2 Å². The van der Waals surface area contributed by atoms with Crippen LogP contribution in [-0.4, -0.2) is 41.5 Å². The smallest absolute Gasteiger partial charge is 0.193 e. The fraction of sp³-hybridized carbons (Fsp3) is 0.160. The zero-order chi connectivity index (χ0) is 22.1. The maximum atomic E-state index is 12.8. The molecule has 2 unspecified atom stereocenters. The summed E-state index contributed by atoms with van der Waals surface area (Å²) < 4.78 is 0. The van der Waals surface area contributed by atoms with Crippen molar-refractivity contribution in [2.45, 2.75) is 12.5 Å². The average Bonchev–Trinajstić information content (AvgIpc) is 2.80. The van der Waals surface area contributed by atoms with Crippen molar-refractivity contribution in [1.82, 2.24) is 0 Å². The predicted octanol–water partition coefficient (Wildman–Crippen LogP) is 3.91. The van der Waals surface area contributed by atoms with Crippen LogP contribution in [0.4, 0.5) is 11.4 Å². The van der Waals surface area contributed by atoms with Gasteiger partial charge in [-0.1, -0.05) is 25.3 Å². The van der Waals surface area contributed by atoms with Crippen LogP contribution < -0.4 is 9.80 Å². The van der Waals surface area contributed by atoms with E-state index in [1.54, 1.807) is 70.5 Å². The highest BCUT2D eigenvalue weighted by Crippen LogP contribution is 2.22. The second kappa shape index (κ2) is 11.0. The molecule has 156 valence electrons. The summed E-state index contributed by atoms with van der Waals surface area (Å²) >= 11 is 0. The van der Waals surface area contributed by atoms with Gasteiger partial charge in [-0.05, 0) is 60.7 Å². The maximum absolute atomic E-state index is 12.8. The van der Waals surface area contributed by atoms with Crippen LogP contribution in [0.5, 0.6) is 0 Å². The summed E-state index contributed by atoms with van der Waals surface area (Å²) in [5.41, 5.74) is 2.58. The van der Waals surface area contributed by atoms with Crippen LogP contribution in [0.25, 0.3) is 0 Å². The molecule has 2 aromatic carbocycles. The first kappa shape index (κ1) is 22.9. The Bertz CT molecular complexity index is 814. The van der Waals surface area contributed by atoms with Gasteiger partial charge in [-0.25, -0.2) is 0 Å². The summed E-state index contributed by atoms with van der Waals surface area (Å²) in [4.78, 5) is 16.3. The van der Waals surface area contributed by atoms with Gasteiger partial charge in [-0.3, -0.25) is 4.79 Å². The van der Waals surface area contributed by atoms with E-state index in [2.05, 4.69) is 26.3 Å². The minimum Gasteiger partial charge on any atom is -0.370 e. The van der Waals surface area contributed by atoms with Crippen molar-refractivity contribution >= 4 is 17.2 Å². The zero-order valence-corrected chi connectivity index (χ0v) is 17.0. The first-order chi connectivity index (χ1) is 14.5. The van der Waals surface area contributed by atoms with Crippen molar-refractivity contribution in [3.05, 3.63) is 110 Å². The molecule has 0 fully saturated rings. The van der Waals surface area contributed by atoms with Gasteiger partial charge in [0.2, 0.25) is 0 Å². The van der Waals surface area contributed by atoms with E-state index in [0.717, 1.165) is 11.4 Å². The monoisotopic (exact) mass is 404 g/mol. The number of hydrogen-bond acceptors (Lipinski definition) is 5. The standard InChI is InChI=1S/C25H28N2O3/c1-5-17-26(23(28)7-3)21-13-9-19(10-14-21)25(30)20-11-15-22(16-12-20)27(18-6-2)24(29)8-4/h5-16,23-24,28-29H,1-4,17-18H2. The maximum Gasteiger partial charge on any atom is 0.193 e. The van der Waals surface area contributed by atoms with E-state index in [1.165, 1.54) is 12.2 Å². The van der Waals surface area contributed by atoms with Crippen molar-refractivity contribution in [3.63, 3.8) is 0 Å². The highest BCUT2D eigenvalue weighted by atomic mass is 16.3. The van der Waals surface area contributed by atoms with Crippen LogP contribution in [-0.2, 0) is 0 Å². The van der Waals surface area contributed by atoms with E-state index in [4.69, 9.17) is 0 Å². The highest BCUT2D eigenvalue weighted by molar-refractivity contribution is 6.09. The molecule has 2 N–H and O–H groups in total. The lowest BCUT2D eigenvalue weighted by Gasteiger charge is -2.27. The third kappa shape index (κ3) is 5.35. The molecule has 0 bridgehead atoms. The number of hydrogen-bond donors (Lipinski definition) is 2. The van der Waals surface area contributed by atoms with Crippen molar-refractivity contribution in [2.75, 3.05) is 22.9 Å². The SMILES string of the molecule is C=CCN(c1ccc(C(=O)c2ccc(N(CC=C)C(O)C=C)cc2)cc1)C(O)C=C. The molecule has 2 aromatic rings. The van der Waals surface area contributed by atoms with Gasteiger partial charge in [0.25, 0.3) is 0 Å². The quantitative estimate of drug-likeness (QED) is 0.319. The lowest BCUT2D eigenvalue weighted by molar-refractivity contribution is 0.103. The van der Waals surface area contributed by atoms with Gasteiger partial charge in [-0.15, -0.1) is 13.2 Å². The van der Waals surface area contributed by atoms with Crippen molar-refractivity contribution < 1.29 is 15.0 Å². The predicted molar refractivity (Wildman–Crippen MR) is 124 cm³/mol. The molecule has 5 heteroatoms. The second-order valence-electron chi connectivity index (χ2n) is 6.60. The second-order valence-corrected chi connectivity index (χ2v) is 6.60. The molecule has 0 spiro atoms. The van der Waals surface area contributed by atoms with Gasteiger partial charge in [-0.2, -0.15) is 0 Å². The molecule has 0 aliphatic carbocycles. The molecule has 0 aliphatic heterocycles. The van der Waals surface area contributed by atoms with Crippen LogP contribution in [0.3, 0.4) is 0 Å². The number of carbonyl (C=O) groups is 1. The van der Waals surface area contributed by atoms with Crippen LogP contribution >= 0.6 is 0 Å². The Morgan fingerprint density at radius 3 is 1.33 bits per heavy atom. The van der Waals surface area contributed by atoms with Gasteiger partial charge < -0.3 is 20.0 Å². The van der Waals surface area contributed by atoms with Gasteiger partial charge in [0.15, 0.2) is 5.78 Å². The van der Waals surface area contributed by atoms with E-state index < -0.39 is 12.5 Å². The van der Waals surface area contributed by atoms with E-state index in [1.807, 2.05) is 0 Å². The molecular weight excluding hydrogens is 376 g/mol. The van der Waals surface area contributed by atoms with Crippen LogP contribution in [0.2, 0.25) is 0 Å². The first-order valence-electron chi connectivity index (χ1n) is 9.58. The van der Waals surface area contributed by atoms with E-state index >= 15 is 0 Å². The number of ketones is 1. The average molecular weight is 405 g/mol. The van der Waals surface area contributed by atoms with E-state index in [-0.39, 0.29) is 5.78 Å². The molecule has 5 nitrogen and oxygen atoms in total. The van der Waals surface area contributed by atoms with Gasteiger partial charge in [0, 0.05) is 35.6 Å². The summed E-state index contributed by atoms with van der Waals surface area (Å²) in [6, 6.07) is 14.0. The molecule has 0 heterocycles. The summed E-state index contributed by atoms with van der Waals surface area (Å²) in [5, 5.41) is 20.2. The van der Waals surface area contributed by atoms with Gasteiger partial charge >= 0.3 is 0 Å². The number of nitrogens with zero attached hydrogens (tertiary/aromatic N) is 2. The van der Waals surface area contributed by atoms with Gasteiger partial charge in [0.1, 0.15) is 12.5 Å². The lowest BCUT2D eigenvalue weighted by atomic mass is 10.0. The Hall–Kier alpha value is -3.41. The van der Waals surface area contributed by atoms with Crippen molar-refractivity contribution in [3.8, 4) is 0 Å². The normalized spacial score (nSPS) is 12.3. The highest BCUT2D eigenvalue weighted by Gasteiger charge is 2.15. The third-order valence-corrected chi connectivity index (χ3v) is 4.63. The van der Waals surface area contributed by atoms with Crippen molar-refractivity contribution in [1.29, 1.82) is 0 Å². The molecule has 0 aromatic heterocycles. The first-order valence-corrected chi connectivity index (χ1v) is 9.58. The number of aliphatic hydroxyl groups is 2. The van der Waals surface area contributed by atoms with E-state index in [0.29, 0.717) is 24.2 Å². The van der Waals surface area contributed by atoms with Gasteiger partial charge in [0.05, 0.1) is 0 Å². The lowest BCUT2D eigenvalue weighted by Crippen LogP contribution is -2.33. The summed E-state index contributed by atoms with van der Waals surface area (Å²) in [6.45, 7) is 15.5. The molecule has 0 radical (unpaired) electrons. The molecule has 0 saturated carbocycles. The molecule has 2 atom stereocenters. The number of carbonyl (C=O) groups excluding carboxylic acids is 1. The Labute approximate surface area is 178 Å². The fourth-order valence-corrected chi connectivity index (χ4v) is 3.04. The number of rotatable bonds is 12. The minimum atomic E-state index is -0.846. The van der Waals surface area contributed by atoms with Crippen LogP contribution in [0.1, 0.15) is 15.9 Å². The number of aliphatic hydroxyl groups excluding tert-OH is 2. The zero-order valence-electron chi connectivity index (χ0n) is 17.0. The van der Waals surface area contributed by atoms with Crippen molar-refractivity contribution in [2.24, 2.45) is 0 Å². The largest absolute Gasteiger partial charge is 0.370 e.